The molecular weight excluding hydrogens is 246 g/mol. The normalized spacial score (nSPS) is 11.1. The molecule has 0 saturated heterocycles. The van der Waals surface area contributed by atoms with Crippen molar-refractivity contribution in [2.24, 2.45) is 5.92 Å². The van der Waals surface area contributed by atoms with E-state index < -0.39 is 0 Å². The number of Topliss-reactive ketones (excluding diaryl/α,β-unsaturated/α-hetero) is 1. The fourth-order valence-electron chi connectivity index (χ4n) is 1.94. The maximum atomic E-state index is 11.3. The first-order valence-electron chi connectivity index (χ1n) is 6.40. The van der Waals surface area contributed by atoms with E-state index in [-0.39, 0.29) is 5.78 Å². The van der Waals surface area contributed by atoms with Gasteiger partial charge in [0.25, 0.3) is 0 Å². The van der Waals surface area contributed by atoms with Gasteiger partial charge < -0.3 is 4.90 Å². The number of hydrogen-bond acceptors (Lipinski definition) is 2. The van der Waals surface area contributed by atoms with Crippen molar-refractivity contribution < 1.29 is 4.79 Å². The monoisotopic (exact) mass is 267 g/mol. The lowest BCUT2D eigenvalue weighted by atomic mass is 10.1. The van der Waals surface area contributed by atoms with Gasteiger partial charge in [0.2, 0.25) is 0 Å². The maximum absolute atomic E-state index is 11.3. The Morgan fingerprint density at radius 2 is 1.89 bits per heavy atom. The summed E-state index contributed by atoms with van der Waals surface area (Å²) in [7, 11) is 0. The molecule has 100 valence electrons. The van der Waals surface area contributed by atoms with Crippen LogP contribution in [0.25, 0.3) is 0 Å². The molecule has 0 saturated carbocycles. The number of hydrogen-bond donors (Lipinski definition) is 0. The van der Waals surface area contributed by atoms with Gasteiger partial charge in [0.1, 0.15) is 0 Å². The molecule has 0 aliphatic carbocycles. The third-order valence-corrected chi connectivity index (χ3v) is 3.15. The van der Waals surface area contributed by atoms with Crippen LogP contribution in [-0.4, -0.2) is 18.4 Å². The van der Waals surface area contributed by atoms with Crippen molar-refractivity contribution in [1.82, 2.24) is 0 Å². The van der Waals surface area contributed by atoms with Gasteiger partial charge in [-0.15, -0.1) is 0 Å². The summed E-state index contributed by atoms with van der Waals surface area (Å²) in [5, 5.41) is 0.650. The third-order valence-electron chi connectivity index (χ3n) is 2.85. The Balaban J connectivity index is 3.09. The van der Waals surface area contributed by atoms with Crippen LogP contribution in [0.1, 0.15) is 45.0 Å². The molecule has 0 radical (unpaired) electrons. The van der Waals surface area contributed by atoms with Gasteiger partial charge in [0.15, 0.2) is 5.78 Å². The van der Waals surface area contributed by atoms with Crippen LogP contribution in [0.5, 0.6) is 0 Å². The quantitative estimate of drug-likeness (QED) is 0.737. The first-order valence-corrected chi connectivity index (χ1v) is 6.77. The molecule has 0 amide bonds. The van der Waals surface area contributed by atoms with Gasteiger partial charge in [-0.1, -0.05) is 25.4 Å². The Kier molecular flexibility index (Phi) is 5.21. The van der Waals surface area contributed by atoms with Gasteiger partial charge in [-0.05, 0) is 44.9 Å². The Morgan fingerprint density at radius 3 is 2.28 bits per heavy atom. The summed E-state index contributed by atoms with van der Waals surface area (Å²) in [5.41, 5.74) is 1.67. The molecular formula is C15H22ClNO. The van der Waals surface area contributed by atoms with Gasteiger partial charge in [-0.25, -0.2) is 0 Å². The molecule has 0 spiro atoms. The second kappa shape index (κ2) is 6.24. The van der Waals surface area contributed by atoms with E-state index in [1.165, 1.54) is 0 Å². The molecule has 1 aromatic rings. The van der Waals surface area contributed by atoms with Crippen LogP contribution in [0.3, 0.4) is 0 Å². The maximum Gasteiger partial charge on any atom is 0.159 e. The summed E-state index contributed by atoms with van der Waals surface area (Å²) in [6.07, 6.45) is 0. The zero-order chi connectivity index (χ0) is 13.9. The molecule has 0 atom stereocenters. The van der Waals surface area contributed by atoms with Crippen molar-refractivity contribution in [3.8, 4) is 0 Å². The highest BCUT2D eigenvalue weighted by atomic mass is 35.5. The molecule has 0 fully saturated rings. The third kappa shape index (κ3) is 3.74. The predicted octanol–water partition coefficient (Wildman–Crippen LogP) is 4.41. The lowest BCUT2D eigenvalue weighted by Gasteiger charge is -2.31. The van der Waals surface area contributed by atoms with Gasteiger partial charge >= 0.3 is 0 Å². The summed E-state index contributed by atoms with van der Waals surface area (Å²) in [6, 6.07) is 5.93. The highest BCUT2D eigenvalue weighted by Gasteiger charge is 2.16. The van der Waals surface area contributed by atoms with Crippen LogP contribution in [0.4, 0.5) is 5.69 Å². The number of halogens is 1. The van der Waals surface area contributed by atoms with Crippen LogP contribution in [0, 0.1) is 5.92 Å². The Labute approximate surface area is 115 Å². The molecule has 0 aliphatic heterocycles. The first kappa shape index (κ1) is 15.0. The average molecular weight is 268 g/mol. The molecule has 18 heavy (non-hydrogen) atoms. The minimum atomic E-state index is 0.0448. The number of nitrogens with zero attached hydrogens (tertiary/aromatic N) is 1. The molecule has 0 aliphatic rings. The molecule has 0 aromatic heterocycles. The van der Waals surface area contributed by atoms with Crippen molar-refractivity contribution in [3.63, 3.8) is 0 Å². The Morgan fingerprint density at radius 1 is 1.28 bits per heavy atom. The van der Waals surface area contributed by atoms with E-state index in [9.17, 15) is 4.79 Å². The van der Waals surface area contributed by atoms with Crippen molar-refractivity contribution in [2.75, 3.05) is 11.4 Å². The molecule has 3 heteroatoms. The lowest BCUT2D eigenvalue weighted by Crippen LogP contribution is -2.34. The molecule has 2 nitrogen and oxygen atoms in total. The second-order valence-corrected chi connectivity index (χ2v) is 5.77. The molecule has 0 heterocycles. The number of rotatable bonds is 5. The molecule has 0 N–H and O–H groups in total. The van der Waals surface area contributed by atoms with Crippen molar-refractivity contribution >= 4 is 23.1 Å². The van der Waals surface area contributed by atoms with E-state index in [1.807, 2.05) is 12.1 Å². The highest BCUT2D eigenvalue weighted by Crippen LogP contribution is 2.29. The molecule has 0 bridgehead atoms. The van der Waals surface area contributed by atoms with Gasteiger partial charge in [-0.3, -0.25) is 4.79 Å². The summed E-state index contributed by atoms with van der Waals surface area (Å²) >= 11 is 6.30. The highest BCUT2D eigenvalue weighted by molar-refractivity contribution is 6.33. The van der Waals surface area contributed by atoms with Crippen LogP contribution < -0.4 is 4.90 Å². The number of carbonyl (C=O) groups is 1. The summed E-state index contributed by atoms with van der Waals surface area (Å²) < 4.78 is 0. The number of anilines is 1. The predicted molar refractivity (Wildman–Crippen MR) is 78.8 cm³/mol. The summed E-state index contributed by atoms with van der Waals surface area (Å²) in [4.78, 5) is 13.6. The van der Waals surface area contributed by atoms with Crippen LogP contribution >= 0.6 is 11.6 Å². The largest absolute Gasteiger partial charge is 0.368 e. The fraction of sp³-hybridized carbons (Fsp3) is 0.533. The summed E-state index contributed by atoms with van der Waals surface area (Å²) in [6.45, 7) is 11.2. The topological polar surface area (TPSA) is 20.3 Å². The van der Waals surface area contributed by atoms with Gasteiger partial charge in [0, 0.05) is 18.2 Å². The minimum absolute atomic E-state index is 0.0448. The average Bonchev–Trinajstić information content (AvgIpc) is 2.25. The van der Waals surface area contributed by atoms with Gasteiger partial charge in [0.05, 0.1) is 10.7 Å². The van der Waals surface area contributed by atoms with Crippen molar-refractivity contribution in [1.29, 1.82) is 0 Å². The smallest absolute Gasteiger partial charge is 0.159 e. The summed E-state index contributed by atoms with van der Waals surface area (Å²) in [5.74, 6) is 0.611. The van der Waals surface area contributed by atoms with Crippen LogP contribution in [0.15, 0.2) is 18.2 Å². The van der Waals surface area contributed by atoms with Crippen LogP contribution in [-0.2, 0) is 0 Å². The van der Waals surface area contributed by atoms with E-state index in [0.717, 1.165) is 12.2 Å². The zero-order valence-electron chi connectivity index (χ0n) is 11.8. The first-order chi connectivity index (χ1) is 8.32. The Bertz CT molecular complexity index is 427. The van der Waals surface area contributed by atoms with E-state index >= 15 is 0 Å². The molecule has 0 unspecified atom stereocenters. The number of benzene rings is 1. The zero-order valence-corrected chi connectivity index (χ0v) is 12.6. The van der Waals surface area contributed by atoms with E-state index in [1.54, 1.807) is 13.0 Å². The van der Waals surface area contributed by atoms with Crippen LogP contribution in [0.2, 0.25) is 5.02 Å². The molecule has 1 aromatic carbocycles. The van der Waals surface area contributed by atoms with E-state index in [4.69, 9.17) is 11.6 Å². The molecule has 1 rings (SSSR count). The second-order valence-electron chi connectivity index (χ2n) is 5.36. The van der Waals surface area contributed by atoms with Gasteiger partial charge in [-0.2, -0.15) is 0 Å². The number of carbonyl (C=O) groups excluding carboxylic acids is 1. The SMILES string of the molecule is CC(=O)c1ccc(N(CC(C)C)C(C)C)c(Cl)c1. The van der Waals surface area contributed by atoms with Crippen molar-refractivity contribution in [2.45, 2.75) is 40.7 Å². The lowest BCUT2D eigenvalue weighted by molar-refractivity contribution is 0.101. The number of ketones is 1. The van der Waals surface area contributed by atoms with E-state index in [2.05, 4.69) is 32.6 Å². The fourth-order valence-corrected chi connectivity index (χ4v) is 2.23. The Hall–Kier alpha value is -1.02. The van der Waals surface area contributed by atoms with E-state index in [0.29, 0.717) is 22.5 Å². The minimum Gasteiger partial charge on any atom is -0.368 e. The standard InChI is InChI=1S/C15H22ClNO/c1-10(2)9-17(11(3)4)15-7-6-13(12(5)18)8-14(15)16/h6-8,10-11H,9H2,1-5H3. The van der Waals surface area contributed by atoms with Crippen molar-refractivity contribution in [3.05, 3.63) is 28.8 Å².